The Bertz CT molecular complexity index is 144. The molecule has 1 aliphatic rings. The number of Topliss-reactive ketones (excluding diaryl/α,β-unsaturated/α-hetero) is 1. The Kier molecular flexibility index (Phi) is 3.57. The smallest absolute Gasteiger partial charge is 0.146 e. The van der Waals surface area contributed by atoms with Gasteiger partial charge in [-0.3, -0.25) is 4.79 Å². The van der Waals surface area contributed by atoms with Gasteiger partial charge in [0.1, 0.15) is 5.78 Å². The molecule has 0 aromatic heterocycles. The van der Waals surface area contributed by atoms with Gasteiger partial charge in [-0.25, -0.2) is 0 Å². The summed E-state index contributed by atoms with van der Waals surface area (Å²) < 4.78 is 0. The van der Waals surface area contributed by atoms with Crippen molar-refractivity contribution in [3.8, 4) is 0 Å². The van der Waals surface area contributed by atoms with Crippen LogP contribution in [0.3, 0.4) is 0 Å². The highest BCUT2D eigenvalue weighted by Gasteiger charge is 2.23. The molecule has 0 spiro atoms. The molecule has 1 fully saturated rings. The summed E-state index contributed by atoms with van der Waals surface area (Å²) in [5.41, 5.74) is 0. The van der Waals surface area contributed by atoms with Gasteiger partial charge in [0.25, 0.3) is 0 Å². The van der Waals surface area contributed by atoms with Crippen molar-refractivity contribution in [2.24, 2.45) is 11.8 Å². The lowest BCUT2D eigenvalue weighted by Gasteiger charge is -2.24. The minimum atomic E-state index is 0.359. The summed E-state index contributed by atoms with van der Waals surface area (Å²) in [5, 5.41) is 0.546. The number of hydrogen-bond acceptors (Lipinski definition) is 1. The third-order valence-corrected chi connectivity index (χ3v) is 3.08. The quantitative estimate of drug-likeness (QED) is 0.652. The van der Waals surface area contributed by atoms with Crippen molar-refractivity contribution in [1.29, 1.82) is 0 Å². The largest absolute Gasteiger partial charge is 0.298 e. The Morgan fingerprint density at radius 3 is 2.82 bits per heavy atom. The Labute approximate surface area is 76.7 Å². The molecule has 0 unspecified atom stereocenters. The molecule has 0 aromatic carbocycles. The van der Waals surface area contributed by atoms with E-state index in [2.05, 4.69) is 22.9 Å². The van der Waals surface area contributed by atoms with E-state index in [0.717, 1.165) is 18.8 Å². The van der Waals surface area contributed by atoms with Gasteiger partial charge in [0.15, 0.2) is 0 Å². The third kappa shape index (κ3) is 2.58. The van der Waals surface area contributed by atoms with Gasteiger partial charge in [0, 0.05) is 5.92 Å². The molecule has 0 saturated heterocycles. The van der Waals surface area contributed by atoms with Crippen LogP contribution in [-0.2, 0) is 4.79 Å². The normalized spacial score (nSPS) is 31.8. The van der Waals surface area contributed by atoms with Gasteiger partial charge < -0.3 is 0 Å². The highest BCUT2D eigenvalue weighted by molar-refractivity contribution is 9.09. The number of ketones is 1. The molecule has 1 nitrogen and oxygen atoms in total. The maximum absolute atomic E-state index is 11.3. The first-order chi connectivity index (χ1) is 5.24. The number of halogens is 1. The van der Waals surface area contributed by atoms with E-state index in [-0.39, 0.29) is 0 Å². The molecule has 0 N–H and O–H groups in total. The maximum atomic E-state index is 11.3. The molecule has 1 saturated carbocycles. The van der Waals surface area contributed by atoms with E-state index in [0.29, 0.717) is 17.0 Å². The summed E-state index contributed by atoms with van der Waals surface area (Å²) in [4.78, 5) is 11.3. The van der Waals surface area contributed by atoms with Crippen LogP contribution in [0.25, 0.3) is 0 Å². The molecule has 64 valence electrons. The van der Waals surface area contributed by atoms with Gasteiger partial charge in [-0.05, 0) is 18.8 Å². The number of carbonyl (C=O) groups excluding carboxylic acids is 1. The van der Waals surface area contributed by atoms with Crippen LogP contribution in [0.4, 0.5) is 0 Å². The van der Waals surface area contributed by atoms with E-state index in [4.69, 9.17) is 0 Å². The van der Waals surface area contributed by atoms with Gasteiger partial charge in [0.05, 0.1) is 5.33 Å². The van der Waals surface area contributed by atoms with Gasteiger partial charge in [-0.2, -0.15) is 0 Å². The first-order valence-electron chi connectivity index (χ1n) is 4.32. The average Bonchev–Trinajstić information content (AvgIpc) is 2.03. The van der Waals surface area contributed by atoms with Gasteiger partial charge >= 0.3 is 0 Å². The highest BCUT2D eigenvalue weighted by Crippen LogP contribution is 2.29. The van der Waals surface area contributed by atoms with Crippen LogP contribution < -0.4 is 0 Å². The standard InChI is InChI=1S/C9H15BrO/c1-7-3-2-4-8(5-7)9(11)6-10/h7-8H,2-6H2,1H3/t7-,8-/m1/s1. The first-order valence-corrected chi connectivity index (χ1v) is 5.45. The monoisotopic (exact) mass is 218 g/mol. The predicted octanol–water partition coefficient (Wildman–Crippen LogP) is 2.78. The predicted molar refractivity (Wildman–Crippen MR) is 49.9 cm³/mol. The zero-order chi connectivity index (χ0) is 8.27. The summed E-state index contributed by atoms with van der Waals surface area (Å²) in [6.07, 6.45) is 4.79. The Balaban J connectivity index is 2.39. The second-order valence-electron chi connectivity index (χ2n) is 3.57. The molecule has 2 heteroatoms. The summed E-state index contributed by atoms with van der Waals surface area (Å²) in [7, 11) is 0. The summed E-state index contributed by atoms with van der Waals surface area (Å²) >= 11 is 3.22. The van der Waals surface area contributed by atoms with E-state index in [1.807, 2.05) is 0 Å². The fourth-order valence-corrected chi connectivity index (χ4v) is 2.29. The second-order valence-corrected chi connectivity index (χ2v) is 4.13. The SMILES string of the molecule is C[C@@H]1CCC[C@@H](C(=O)CBr)C1. The molecule has 0 aromatic rings. The molecule has 2 atom stereocenters. The summed E-state index contributed by atoms with van der Waals surface area (Å²) in [5.74, 6) is 1.52. The van der Waals surface area contributed by atoms with Gasteiger partial charge in [-0.15, -0.1) is 0 Å². The second kappa shape index (κ2) is 4.24. The van der Waals surface area contributed by atoms with Crippen molar-refractivity contribution in [2.45, 2.75) is 32.6 Å². The highest BCUT2D eigenvalue weighted by atomic mass is 79.9. The molecular weight excluding hydrogens is 204 g/mol. The zero-order valence-electron chi connectivity index (χ0n) is 6.98. The van der Waals surface area contributed by atoms with Crippen LogP contribution in [0.15, 0.2) is 0 Å². The summed E-state index contributed by atoms with van der Waals surface area (Å²) in [6, 6.07) is 0. The van der Waals surface area contributed by atoms with Crippen LogP contribution in [0.1, 0.15) is 32.6 Å². The number of alkyl halides is 1. The zero-order valence-corrected chi connectivity index (χ0v) is 8.56. The Hall–Kier alpha value is 0.150. The van der Waals surface area contributed by atoms with E-state index in [1.165, 1.54) is 12.8 Å². The fourth-order valence-electron chi connectivity index (χ4n) is 1.84. The van der Waals surface area contributed by atoms with Crippen LogP contribution in [0.2, 0.25) is 0 Å². The minimum Gasteiger partial charge on any atom is -0.298 e. The van der Waals surface area contributed by atoms with Gasteiger partial charge in [-0.1, -0.05) is 35.7 Å². The molecule has 0 aliphatic heterocycles. The van der Waals surface area contributed by atoms with Crippen molar-refractivity contribution in [2.75, 3.05) is 5.33 Å². The van der Waals surface area contributed by atoms with Crippen molar-refractivity contribution in [1.82, 2.24) is 0 Å². The topological polar surface area (TPSA) is 17.1 Å². The van der Waals surface area contributed by atoms with Crippen molar-refractivity contribution < 1.29 is 4.79 Å². The van der Waals surface area contributed by atoms with Crippen molar-refractivity contribution in [3.05, 3.63) is 0 Å². The lowest BCUT2D eigenvalue weighted by atomic mass is 9.81. The molecule has 0 amide bonds. The average molecular weight is 219 g/mol. The van der Waals surface area contributed by atoms with E-state index < -0.39 is 0 Å². The van der Waals surface area contributed by atoms with Crippen LogP contribution in [0.5, 0.6) is 0 Å². The number of hydrogen-bond donors (Lipinski definition) is 0. The molecule has 1 rings (SSSR count). The van der Waals surface area contributed by atoms with E-state index >= 15 is 0 Å². The fraction of sp³-hybridized carbons (Fsp3) is 0.889. The number of rotatable bonds is 2. The molecular formula is C9H15BrO. The van der Waals surface area contributed by atoms with Crippen molar-refractivity contribution in [3.63, 3.8) is 0 Å². The lowest BCUT2D eigenvalue weighted by molar-refractivity contribution is -0.121. The molecule has 0 bridgehead atoms. The third-order valence-electron chi connectivity index (χ3n) is 2.52. The van der Waals surface area contributed by atoms with Crippen LogP contribution in [-0.4, -0.2) is 11.1 Å². The Morgan fingerprint density at radius 1 is 1.55 bits per heavy atom. The molecule has 11 heavy (non-hydrogen) atoms. The maximum Gasteiger partial charge on any atom is 0.146 e. The van der Waals surface area contributed by atoms with E-state index in [9.17, 15) is 4.79 Å². The van der Waals surface area contributed by atoms with Crippen LogP contribution >= 0.6 is 15.9 Å². The molecule has 0 radical (unpaired) electrons. The van der Waals surface area contributed by atoms with Crippen molar-refractivity contribution >= 4 is 21.7 Å². The lowest BCUT2D eigenvalue weighted by Crippen LogP contribution is -2.22. The van der Waals surface area contributed by atoms with Gasteiger partial charge in [0.2, 0.25) is 0 Å². The van der Waals surface area contributed by atoms with Crippen LogP contribution in [0, 0.1) is 11.8 Å². The van der Waals surface area contributed by atoms with E-state index in [1.54, 1.807) is 0 Å². The minimum absolute atomic E-state index is 0.359. The first kappa shape index (κ1) is 9.24. The number of carbonyl (C=O) groups is 1. The Morgan fingerprint density at radius 2 is 2.27 bits per heavy atom. The molecule has 1 aliphatic carbocycles. The molecule has 0 heterocycles. The summed E-state index contributed by atoms with van der Waals surface area (Å²) in [6.45, 7) is 2.24.